The third kappa shape index (κ3) is 2.24. The molecule has 1 fully saturated rings. The fraction of sp³-hybridized carbons (Fsp3) is 0.333. The maximum Gasteiger partial charge on any atom is 0.334 e. The number of benzene rings is 1. The minimum Gasteiger partial charge on any atom is -0.336 e. The van der Waals surface area contributed by atoms with Gasteiger partial charge in [0.25, 0.3) is 0 Å². The van der Waals surface area contributed by atoms with Crippen LogP contribution in [0.5, 0.6) is 0 Å². The molecule has 2 aliphatic heterocycles. The van der Waals surface area contributed by atoms with Crippen LogP contribution in [0.4, 0.5) is 4.79 Å². The summed E-state index contributed by atoms with van der Waals surface area (Å²) in [6, 6.07) is 7.10. The third-order valence-electron chi connectivity index (χ3n) is 4.03. The Kier molecular flexibility index (Phi) is 3.40. The Morgan fingerprint density at radius 3 is 2.41 bits per heavy atom. The zero-order chi connectivity index (χ0) is 15.9. The van der Waals surface area contributed by atoms with Crippen molar-refractivity contribution in [3.8, 4) is 0 Å². The topological polar surface area (TPSA) is 78.0 Å². The van der Waals surface area contributed by atoms with Crippen LogP contribution in [0.2, 0.25) is 0 Å². The molecule has 0 bridgehead atoms. The van der Waals surface area contributed by atoms with Crippen LogP contribution >= 0.6 is 0 Å². The van der Waals surface area contributed by atoms with Crippen molar-refractivity contribution in [2.45, 2.75) is 13.0 Å². The molecule has 0 saturated carbocycles. The second kappa shape index (κ2) is 5.25. The Balaban J connectivity index is 1.70. The van der Waals surface area contributed by atoms with Crippen LogP contribution in [-0.2, 0) is 27.3 Å². The number of rotatable bonds is 2. The Hall–Kier alpha value is -2.70. The van der Waals surface area contributed by atoms with Gasteiger partial charge >= 0.3 is 17.8 Å². The van der Waals surface area contributed by atoms with Gasteiger partial charge in [-0.05, 0) is 17.5 Å². The summed E-state index contributed by atoms with van der Waals surface area (Å²) >= 11 is 0. The number of carbonyl (C=O) groups is 4. The molecule has 1 saturated heterocycles. The average Bonchev–Trinajstić information content (AvgIpc) is 2.72. The van der Waals surface area contributed by atoms with Crippen LogP contribution in [0.3, 0.4) is 0 Å². The lowest BCUT2D eigenvalue weighted by atomic mass is 10.00. The lowest BCUT2D eigenvalue weighted by molar-refractivity contribution is -0.144. The molecule has 3 rings (SSSR count). The highest BCUT2D eigenvalue weighted by atomic mass is 16.2. The van der Waals surface area contributed by atoms with Crippen molar-refractivity contribution in [2.75, 3.05) is 20.1 Å². The molecule has 0 N–H and O–H groups in total. The molecule has 0 radical (unpaired) electrons. The molecular formula is C15H15N3O4. The van der Waals surface area contributed by atoms with E-state index in [1.165, 1.54) is 12.6 Å². The van der Waals surface area contributed by atoms with Gasteiger partial charge in [-0.15, -0.1) is 0 Å². The second-order valence-electron chi connectivity index (χ2n) is 5.37. The highest BCUT2D eigenvalue weighted by molar-refractivity contribution is 6.44. The summed E-state index contributed by atoms with van der Waals surface area (Å²) in [5.74, 6) is -2.18. The highest BCUT2D eigenvalue weighted by Gasteiger charge is 2.43. The number of nitrogens with zero attached hydrogens (tertiary/aromatic N) is 3. The van der Waals surface area contributed by atoms with E-state index in [0.717, 1.165) is 16.9 Å². The van der Waals surface area contributed by atoms with Gasteiger partial charge in [0, 0.05) is 20.1 Å². The number of urea groups is 1. The van der Waals surface area contributed by atoms with Crippen molar-refractivity contribution in [2.24, 2.45) is 0 Å². The van der Waals surface area contributed by atoms with Crippen LogP contribution in [0.1, 0.15) is 11.1 Å². The van der Waals surface area contributed by atoms with Crippen molar-refractivity contribution in [3.05, 3.63) is 35.4 Å². The maximum atomic E-state index is 12.3. The van der Waals surface area contributed by atoms with Crippen molar-refractivity contribution in [1.82, 2.24) is 14.7 Å². The van der Waals surface area contributed by atoms with Crippen LogP contribution in [0.15, 0.2) is 24.3 Å². The van der Waals surface area contributed by atoms with E-state index in [9.17, 15) is 19.2 Å². The molecule has 0 atom stereocenters. The van der Waals surface area contributed by atoms with Gasteiger partial charge in [-0.25, -0.2) is 9.69 Å². The van der Waals surface area contributed by atoms with Gasteiger partial charge in [0.2, 0.25) is 5.91 Å². The second-order valence-corrected chi connectivity index (χ2v) is 5.37. The molecule has 114 valence electrons. The van der Waals surface area contributed by atoms with E-state index in [-0.39, 0.29) is 5.91 Å². The fourth-order valence-electron chi connectivity index (χ4n) is 2.70. The molecule has 22 heavy (non-hydrogen) atoms. The minimum atomic E-state index is -0.946. The molecule has 1 aromatic rings. The average molecular weight is 301 g/mol. The van der Waals surface area contributed by atoms with E-state index in [1.54, 1.807) is 4.90 Å². The van der Waals surface area contributed by atoms with Gasteiger partial charge in [0.15, 0.2) is 0 Å². The summed E-state index contributed by atoms with van der Waals surface area (Å²) in [5.41, 5.74) is 2.27. The normalized spacial score (nSPS) is 18.0. The number of carbonyl (C=O) groups excluding carboxylic acids is 4. The molecule has 2 aliphatic rings. The molecule has 5 amide bonds. The Morgan fingerprint density at radius 2 is 1.77 bits per heavy atom. The highest BCUT2D eigenvalue weighted by Crippen LogP contribution is 2.19. The van der Waals surface area contributed by atoms with E-state index < -0.39 is 24.4 Å². The molecule has 0 aliphatic carbocycles. The molecule has 0 unspecified atom stereocenters. The zero-order valence-electron chi connectivity index (χ0n) is 12.1. The summed E-state index contributed by atoms with van der Waals surface area (Å²) in [5, 5.41) is 0. The third-order valence-corrected chi connectivity index (χ3v) is 4.03. The predicted octanol–water partition coefficient (Wildman–Crippen LogP) is -0.00810. The lowest BCUT2D eigenvalue weighted by Gasteiger charge is -2.29. The first-order chi connectivity index (χ1) is 10.5. The van der Waals surface area contributed by atoms with Crippen molar-refractivity contribution < 1.29 is 19.2 Å². The molecule has 0 spiro atoms. The quantitative estimate of drug-likeness (QED) is 0.568. The fourth-order valence-corrected chi connectivity index (χ4v) is 2.70. The smallest absolute Gasteiger partial charge is 0.334 e. The summed E-state index contributed by atoms with van der Waals surface area (Å²) < 4.78 is 0. The van der Waals surface area contributed by atoms with Gasteiger partial charge in [-0.1, -0.05) is 24.3 Å². The predicted molar refractivity (Wildman–Crippen MR) is 75.4 cm³/mol. The Labute approximate surface area is 127 Å². The molecular weight excluding hydrogens is 286 g/mol. The Bertz CT molecular complexity index is 685. The zero-order valence-corrected chi connectivity index (χ0v) is 12.1. The van der Waals surface area contributed by atoms with Crippen molar-refractivity contribution >= 4 is 23.8 Å². The van der Waals surface area contributed by atoms with Crippen LogP contribution in [0, 0.1) is 0 Å². The van der Waals surface area contributed by atoms with Gasteiger partial charge in [0.1, 0.15) is 6.54 Å². The van der Waals surface area contributed by atoms with Crippen molar-refractivity contribution in [1.29, 1.82) is 0 Å². The maximum absolute atomic E-state index is 12.3. The molecule has 0 aromatic heterocycles. The van der Waals surface area contributed by atoms with Gasteiger partial charge in [0.05, 0.1) is 0 Å². The summed E-state index contributed by atoms with van der Waals surface area (Å²) in [7, 11) is 1.23. The van der Waals surface area contributed by atoms with E-state index >= 15 is 0 Å². The van der Waals surface area contributed by atoms with Crippen molar-refractivity contribution in [3.63, 3.8) is 0 Å². The molecule has 2 heterocycles. The van der Waals surface area contributed by atoms with E-state index in [2.05, 4.69) is 0 Å². The first-order valence-corrected chi connectivity index (χ1v) is 6.97. The van der Waals surface area contributed by atoms with Gasteiger partial charge < -0.3 is 4.90 Å². The largest absolute Gasteiger partial charge is 0.336 e. The van der Waals surface area contributed by atoms with Crippen LogP contribution in [0.25, 0.3) is 0 Å². The molecule has 7 heteroatoms. The van der Waals surface area contributed by atoms with Crippen LogP contribution in [-0.4, -0.2) is 58.6 Å². The standard InChI is InChI=1S/C15H15N3O4/c1-16-13(20)14(21)18(15(16)22)9-12(19)17-7-6-10-4-2-3-5-11(10)8-17/h2-5H,6-9H2,1H3. The minimum absolute atomic E-state index is 0.334. The van der Waals surface area contributed by atoms with E-state index in [0.29, 0.717) is 18.0 Å². The summed E-state index contributed by atoms with van der Waals surface area (Å²) in [6.45, 7) is 0.598. The first kappa shape index (κ1) is 14.2. The monoisotopic (exact) mass is 301 g/mol. The number of imide groups is 2. The summed E-state index contributed by atoms with van der Waals surface area (Å²) in [6.07, 6.45) is 0.739. The number of fused-ring (bicyclic) bond motifs is 1. The number of hydrogen-bond donors (Lipinski definition) is 0. The SMILES string of the molecule is CN1C(=O)C(=O)N(CC(=O)N2CCc3ccccc3C2)C1=O. The number of likely N-dealkylation sites (N-methyl/N-ethyl adjacent to an activating group) is 1. The van der Waals surface area contributed by atoms with Gasteiger partial charge in [-0.2, -0.15) is 0 Å². The Morgan fingerprint density at radius 1 is 1.09 bits per heavy atom. The van der Waals surface area contributed by atoms with E-state index in [4.69, 9.17) is 0 Å². The van der Waals surface area contributed by atoms with Gasteiger partial charge in [-0.3, -0.25) is 19.3 Å². The van der Waals surface area contributed by atoms with Crippen LogP contribution < -0.4 is 0 Å². The number of amides is 5. The molecule has 1 aromatic carbocycles. The summed E-state index contributed by atoms with van der Waals surface area (Å²) in [4.78, 5) is 50.2. The van der Waals surface area contributed by atoms with E-state index in [1.807, 2.05) is 24.3 Å². The lowest BCUT2D eigenvalue weighted by Crippen LogP contribution is -2.44. The first-order valence-electron chi connectivity index (χ1n) is 6.97. The number of hydrogen-bond acceptors (Lipinski definition) is 4. The molecule has 7 nitrogen and oxygen atoms in total.